The largest absolute Gasteiger partial charge is 0.379 e. The van der Waals surface area contributed by atoms with Gasteiger partial charge in [0, 0.05) is 25.7 Å². The summed E-state index contributed by atoms with van der Waals surface area (Å²) in [5, 5.41) is 6.67. The molecule has 0 unspecified atom stereocenters. The molecule has 122 valence electrons. The van der Waals surface area contributed by atoms with E-state index in [1.807, 2.05) is 12.1 Å². The van der Waals surface area contributed by atoms with E-state index in [-0.39, 0.29) is 6.03 Å². The SMILES string of the molecule is CCSc1ccc(NC(=O)NC[C@@H](C)N2CCOCC2)cn1. The van der Waals surface area contributed by atoms with Crippen molar-refractivity contribution in [3.05, 3.63) is 18.3 Å². The zero-order valence-corrected chi connectivity index (χ0v) is 14.0. The van der Waals surface area contributed by atoms with Crippen LogP contribution in [-0.2, 0) is 4.74 Å². The van der Waals surface area contributed by atoms with Gasteiger partial charge in [0.05, 0.1) is 30.1 Å². The van der Waals surface area contributed by atoms with Crippen molar-refractivity contribution >= 4 is 23.5 Å². The molecule has 2 amide bonds. The van der Waals surface area contributed by atoms with Crippen LogP contribution in [-0.4, -0.2) is 60.6 Å². The van der Waals surface area contributed by atoms with Crippen molar-refractivity contribution in [2.75, 3.05) is 43.9 Å². The first-order chi connectivity index (χ1) is 10.7. The first-order valence-corrected chi connectivity index (χ1v) is 8.63. The highest BCUT2D eigenvalue weighted by atomic mass is 32.2. The number of hydrogen-bond donors (Lipinski definition) is 2. The molecule has 2 heterocycles. The van der Waals surface area contributed by atoms with Gasteiger partial charge >= 0.3 is 6.03 Å². The topological polar surface area (TPSA) is 66.5 Å². The third-order valence-electron chi connectivity index (χ3n) is 3.51. The predicted octanol–water partition coefficient (Wildman–Crippen LogP) is 2.04. The molecular formula is C15H24N4O2S. The van der Waals surface area contributed by atoms with Gasteiger partial charge in [-0.15, -0.1) is 11.8 Å². The van der Waals surface area contributed by atoms with Crippen LogP contribution >= 0.6 is 11.8 Å². The number of nitrogens with one attached hydrogen (secondary N) is 2. The number of carbonyl (C=O) groups is 1. The Morgan fingerprint density at radius 2 is 2.23 bits per heavy atom. The average molecular weight is 324 g/mol. The Hall–Kier alpha value is -1.31. The highest BCUT2D eigenvalue weighted by molar-refractivity contribution is 7.99. The third kappa shape index (κ3) is 5.47. The van der Waals surface area contributed by atoms with E-state index >= 15 is 0 Å². The number of ether oxygens (including phenoxy) is 1. The van der Waals surface area contributed by atoms with E-state index in [1.54, 1.807) is 18.0 Å². The minimum atomic E-state index is -0.196. The number of rotatable bonds is 6. The number of carbonyl (C=O) groups excluding carboxylic acids is 1. The molecule has 1 saturated heterocycles. The Kier molecular flexibility index (Phi) is 6.95. The summed E-state index contributed by atoms with van der Waals surface area (Å²) in [4.78, 5) is 18.5. The van der Waals surface area contributed by atoms with Gasteiger partial charge in [-0.25, -0.2) is 9.78 Å². The van der Waals surface area contributed by atoms with E-state index < -0.39 is 0 Å². The Morgan fingerprint density at radius 3 is 2.86 bits per heavy atom. The lowest BCUT2D eigenvalue weighted by molar-refractivity contribution is 0.0209. The van der Waals surface area contributed by atoms with Crippen LogP contribution in [0.25, 0.3) is 0 Å². The van der Waals surface area contributed by atoms with Gasteiger partial charge in [0.1, 0.15) is 0 Å². The van der Waals surface area contributed by atoms with Gasteiger partial charge in [-0.05, 0) is 24.8 Å². The Bertz CT molecular complexity index is 463. The van der Waals surface area contributed by atoms with E-state index in [1.165, 1.54) is 0 Å². The number of urea groups is 1. The number of hydrogen-bond acceptors (Lipinski definition) is 5. The van der Waals surface area contributed by atoms with Crippen LogP contribution in [0.5, 0.6) is 0 Å². The second-order valence-corrected chi connectivity index (χ2v) is 6.43. The Morgan fingerprint density at radius 1 is 1.45 bits per heavy atom. The first kappa shape index (κ1) is 17.1. The summed E-state index contributed by atoms with van der Waals surface area (Å²) in [6.45, 7) is 8.19. The third-order valence-corrected chi connectivity index (χ3v) is 4.34. The molecule has 1 aromatic heterocycles. The lowest BCUT2D eigenvalue weighted by Gasteiger charge is -2.32. The monoisotopic (exact) mass is 324 g/mol. The summed E-state index contributed by atoms with van der Waals surface area (Å²) < 4.78 is 5.33. The fraction of sp³-hybridized carbons (Fsp3) is 0.600. The van der Waals surface area contributed by atoms with Crippen LogP contribution in [0.3, 0.4) is 0 Å². The fourth-order valence-corrected chi connectivity index (χ4v) is 2.84. The smallest absolute Gasteiger partial charge is 0.319 e. The van der Waals surface area contributed by atoms with Crippen molar-refractivity contribution in [3.63, 3.8) is 0 Å². The molecule has 6 nitrogen and oxygen atoms in total. The van der Waals surface area contributed by atoms with Gasteiger partial charge in [0.15, 0.2) is 0 Å². The Balaban J connectivity index is 1.72. The van der Waals surface area contributed by atoms with Crippen LogP contribution < -0.4 is 10.6 Å². The van der Waals surface area contributed by atoms with Crippen molar-refractivity contribution in [2.24, 2.45) is 0 Å². The van der Waals surface area contributed by atoms with Gasteiger partial charge in [-0.1, -0.05) is 6.92 Å². The molecule has 0 radical (unpaired) electrons. The lowest BCUT2D eigenvalue weighted by atomic mass is 10.2. The molecule has 0 bridgehead atoms. The van der Waals surface area contributed by atoms with E-state index in [2.05, 4.69) is 34.4 Å². The Labute approximate surface area is 136 Å². The second kappa shape index (κ2) is 8.97. The van der Waals surface area contributed by atoms with Crippen molar-refractivity contribution in [3.8, 4) is 0 Å². The molecule has 1 aliphatic rings. The van der Waals surface area contributed by atoms with Crippen LogP contribution in [0.15, 0.2) is 23.4 Å². The minimum absolute atomic E-state index is 0.196. The van der Waals surface area contributed by atoms with Gasteiger partial charge in [-0.3, -0.25) is 4.90 Å². The maximum absolute atomic E-state index is 11.9. The van der Waals surface area contributed by atoms with Crippen LogP contribution in [0.2, 0.25) is 0 Å². The molecule has 0 saturated carbocycles. The van der Waals surface area contributed by atoms with Gasteiger partial charge < -0.3 is 15.4 Å². The van der Waals surface area contributed by atoms with E-state index in [9.17, 15) is 4.79 Å². The molecule has 1 fully saturated rings. The number of aromatic nitrogens is 1. The van der Waals surface area contributed by atoms with Crippen molar-refractivity contribution < 1.29 is 9.53 Å². The normalized spacial score (nSPS) is 17.0. The molecule has 1 aliphatic heterocycles. The van der Waals surface area contributed by atoms with Gasteiger partial charge in [0.25, 0.3) is 0 Å². The molecule has 0 spiro atoms. The summed E-state index contributed by atoms with van der Waals surface area (Å²) >= 11 is 1.68. The van der Waals surface area contributed by atoms with E-state index in [4.69, 9.17) is 4.74 Å². The maximum Gasteiger partial charge on any atom is 0.319 e. The molecule has 1 aromatic rings. The molecule has 2 N–H and O–H groups in total. The number of thioether (sulfide) groups is 1. The van der Waals surface area contributed by atoms with Crippen molar-refractivity contribution in [2.45, 2.75) is 24.9 Å². The van der Waals surface area contributed by atoms with Crippen molar-refractivity contribution in [1.29, 1.82) is 0 Å². The molecule has 7 heteroatoms. The molecular weight excluding hydrogens is 300 g/mol. The summed E-state index contributed by atoms with van der Waals surface area (Å²) in [7, 11) is 0. The molecule has 1 atom stereocenters. The average Bonchev–Trinajstić information content (AvgIpc) is 2.55. The quantitative estimate of drug-likeness (QED) is 0.784. The zero-order valence-electron chi connectivity index (χ0n) is 13.2. The summed E-state index contributed by atoms with van der Waals surface area (Å²) in [6.07, 6.45) is 1.68. The summed E-state index contributed by atoms with van der Waals surface area (Å²) in [5.41, 5.74) is 0.706. The number of nitrogens with zero attached hydrogens (tertiary/aromatic N) is 2. The molecule has 22 heavy (non-hydrogen) atoms. The number of pyridine rings is 1. The van der Waals surface area contributed by atoms with Gasteiger partial charge in [0.2, 0.25) is 0 Å². The number of amides is 2. The second-order valence-electron chi connectivity index (χ2n) is 5.15. The molecule has 0 aromatic carbocycles. The van der Waals surface area contributed by atoms with Crippen LogP contribution in [0, 0.1) is 0 Å². The molecule has 0 aliphatic carbocycles. The summed E-state index contributed by atoms with van der Waals surface area (Å²) in [6, 6.07) is 3.89. The maximum atomic E-state index is 11.9. The van der Waals surface area contributed by atoms with Crippen molar-refractivity contribution in [1.82, 2.24) is 15.2 Å². The highest BCUT2D eigenvalue weighted by Gasteiger charge is 2.17. The first-order valence-electron chi connectivity index (χ1n) is 7.64. The summed E-state index contributed by atoms with van der Waals surface area (Å²) in [5.74, 6) is 0.986. The standard InChI is InChI=1S/C15H24N4O2S/c1-3-22-14-5-4-13(11-16-14)18-15(20)17-10-12(2)19-6-8-21-9-7-19/h4-5,11-12H,3,6-10H2,1-2H3,(H2,17,18,20)/t12-/m1/s1. The predicted molar refractivity (Wildman–Crippen MR) is 89.5 cm³/mol. The minimum Gasteiger partial charge on any atom is -0.379 e. The van der Waals surface area contributed by atoms with Crippen LogP contribution in [0.1, 0.15) is 13.8 Å². The lowest BCUT2D eigenvalue weighted by Crippen LogP contribution is -2.47. The van der Waals surface area contributed by atoms with E-state index in [0.29, 0.717) is 18.3 Å². The highest BCUT2D eigenvalue weighted by Crippen LogP contribution is 2.16. The molecule has 2 rings (SSSR count). The zero-order chi connectivity index (χ0) is 15.8. The van der Waals surface area contributed by atoms with Gasteiger partial charge in [-0.2, -0.15) is 0 Å². The van der Waals surface area contributed by atoms with Crippen LogP contribution in [0.4, 0.5) is 10.5 Å². The van der Waals surface area contributed by atoms with E-state index in [0.717, 1.165) is 37.1 Å². The fourth-order valence-electron chi connectivity index (χ4n) is 2.25. The number of anilines is 1. The number of morpholine rings is 1.